The number of benzene rings is 1. The molecule has 1 aliphatic rings. The average Bonchev–Trinajstić information content (AvgIpc) is 3.17. The number of rotatable bonds is 3. The predicted molar refractivity (Wildman–Crippen MR) is 105 cm³/mol. The number of hydrogen-bond donors (Lipinski definition) is 1. The highest BCUT2D eigenvalue weighted by Gasteiger charge is 2.49. The molecule has 0 saturated heterocycles. The van der Waals surface area contributed by atoms with Gasteiger partial charge < -0.3 is 15.0 Å². The Hall–Kier alpha value is -3.02. The van der Waals surface area contributed by atoms with Crippen LogP contribution in [-0.4, -0.2) is 33.4 Å². The van der Waals surface area contributed by atoms with Crippen LogP contribution in [0.1, 0.15) is 18.9 Å². The van der Waals surface area contributed by atoms with Gasteiger partial charge in [0, 0.05) is 36.0 Å². The van der Waals surface area contributed by atoms with Crippen molar-refractivity contribution in [2.45, 2.75) is 31.2 Å². The third-order valence-electron chi connectivity index (χ3n) is 4.75. The van der Waals surface area contributed by atoms with Crippen molar-refractivity contribution in [1.82, 2.24) is 15.1 Å². The van der Waals surface area contributed by atoms with Crippen LogP contribution in [0.5, 0.6) is 0 Å². The zero-order valence-electron chi connectivity index (χ0n) is 15.8. The summed E-state index contributed by atoms with van der Waals surface area (Å²) in [7, 11) is 0. The fourth-order valence-electron chi connectivity index (χ4n) is 3.27. The molecule has 2 atom stereocenters. The summed E-state index contributed by atoms with van der Waals surface area (Å²) in [5.74, 6) is -0.200. The van der Waals surface area contributed by atoms with Crippen LogP contribution in [0.4, 0.5) is 17.6 Å². The quantitative estimate of drug-likeness (QED) is 0.529. The second kappa shape index (κ2) is 7.59. The summed E-state index contributed by atoms with van der Waals surface area (Å²) < 4.78 is 65.8. The van der Waals surface area contributed by atoms with Gasteiger partial charge in [-0.2, -0.15) is 13.2 Å². The maximum Gasteiger partial charge on any atom is 0.411 e. The van der Waals surface area contributed by atoms with Crippen LogP contribution in [0, 0.1) is 5.82 Å². The third-order valence-corrected chi connectivity index (χ3v) is 5.16. The first-order valence-electron chi connectivity index (χ1n) is 8.89. The average molecular weight is 500 g/mol. The minimum atomic E-state index is -4.64. The van der Waals surface area contributed by atoms with Crippen molar-refractivity contribution in [3.63, 3.8) is 0 Å². The minimum absolute atomic E-state index is 0.116. The van der Waals surface area contributed by atoms with E-state index < -0.39 is 36.1 Å². The highest BCUT2D eigenvalue weighted by molar-refractivity contribution is 9.10. The van der Waals surface area contributed by atoms with Crippen LogP contribution in [0.2, 0.25) is 0 Å². The van der Waals surface area contributed by atoms with Gasteiger partial charge in [-0.05, 0) is 41.1 Å². The molecule has 0 bridgehead atoms. The fraction of sp³-hybridized carbons (Fsp3) is 0.263. The highest BCUT2D eigenvalue weighted by Crippen LogP contribution is 2.41. The van der Waals surface area contributed by atoms with Crippen molar-refractivity contribution in [1.29, 1.82) is 0 Å². The first kappa shape index (κ1) is 21.2. The van der Waals surface area contributed by atoms with Gasteiger partial charge in [-0.25, -0.2) is 19.4 Å². The first-order chi connectivity index (χ1) is 14.5. The molecule has 2 aromatic heterocycles. The van der Waals surface area contributed by atoms with Gasteiger partial charge in [0.1, 0.15) is 11.4 Å². The molecule has 0 unspecified atom stereocenters. The van der Waals surface area contributed by atoms with Gasteiger partial charge in [-0.3, -0.25) is 0 Å². The Balaban J connectivity index is 1.70. The lowest BCUT2D eigenvalue weighted by molar-refractivity contribution is -0.164. The smallest absolute Gasteiger partial charge is 0.411 e. The highest BCUT2D eigenvalue weighted by atomic mass is 79.9. The number of ether oxygens (including phenoxy) is 1. The molecule has 0 radical (unpaired) electrons. The summed E-state index contributed by atoms with van der Waals surface area (Å²) in [5, 5.41) is 3.90. The molecule has 0 aliphatic carbocycles. The monoisotopic (exact) mass is 499 g/mol. The molecule has 3 heterocycles. The number of aliphatic imine (C=N–C) groups is 1. The molecule has 3 aromatic rings. The van der Waals surface area contributed by atoms with Gasteiger partial charge in [0.15, 0.2) is 23.3 Å². The van der Waals surface area contributed by atoms with Crippen molar-refractivity contribution in [3.05, 3.63) is 52.5 Å². The molecule has 0 fully saturated rings. The van der Waals surface area contributed by atoms with Crippen molar-refractivity contribution in [3.8, 4) is 22.8 Å². The SMILES string of the molecule is C[C@@]1(c2cc(-c3cc(-c4ncc(Br)cn4)no3)ccc2F)C[C@@H](C(F)(F)F)N=C(N)O1. The summed E-state index contributed by atoms with van der Waals surface area (Å²) >= 11 is 3.23. The number of nitrogens with two attached hydrogens (primary N) is 1. The van der Waals surface area contributed by atoms with E-state index in [9.17, 15) is 17.6 Å². The summed E-state index contributed by atoms with van der Waals surface area (Å²) in [6.45, 7) is 1.33. The van der Waals surface area contributed by atoms with Gasteiger partial charge in [0.2, 0.25) is 0 Å². The zero-order chi connectivity index (χ0) is 22.4. The molecule has 162 valence electrons. The van der Waals surface area contributed by atoms with Crippen molar-refractivity contribution < 1.29 is 26.8 Å². The van der Waals surface area contributed by atoms with E-state index in [1.165, 1.54) is 31.5 Å². The third kappa shape index (κ3) is 4.24. The topological polar surface area (TPSA) is 99.4 Å². The lowest BCUT2D eigenvalue weighted by atomic mass is 9.86. The first-order valence-corrected chi connectivity index (χ1v) is 9.68. The van der Waals surface area contributed by atoms with E-state index in [1.54, 1.807) is 6.07 Å². The van der Waals surface area contributed by atoms with Crippen LogP contribution in [-0.2, 0) is 10.3 Å². The van der Waals surface area contributed by atoms with Crippen molar-refractivity contribution in [2.24, 2.45) is 10.7 Å². The standard InChI is InChI=1S/C19H14BrF4N5O2/c1-18(6-15(19(22,23)24)28-17(25)30-18)11-4-9(2-3-12(11)21)14-5-13(29-31-14)16-26-7-10(20)8-27-16/h2-5,7-8,15H,6H2,1H3,(H2,25,28)/t15-,18-/m0/s1. The van der Waals surface area contributed by atoms with Gasteiger partial charge in [-0.15, -0.1) is 0 Å². The Morgan fingerprint density at radius 2 is 1.90 bits per heavy atom. The lowest BCUT2D eigenvalue weighted by Crippen LogP contribution is -2.46. The van der Waals surface area contributed by atoms with E-state index in [0.717, 1.165) is 6.07 Å². The summed E-state index contributed by atoms with van der Waals surface area (Å²) in [5.41, 5.74) is 4.38. The number of hydrogen-bond acceptors (Lipinski definition) is 7. The summed E-state index contributed by atoms with van der Waals surface area (Å²) in [6, 6.07) is 2.64. The van der Waals surface area contributed by atoms with E-state index in [1.807, 2.05) is 0 Å². The Bertz CT molecular complexity index is 1150. The van der Waals surface area contributed by atoms with Crippen molar-refractivity contribution in [2.75, 3.05) is 0 Å². The van der Waals surface area contributed by atoms with Crippen LogP contribution < -0.4 is 5.73 Å². The van der Waals surface area contributed by atoms with E-state index in [0.29, 0.717) is 21.6 Å². The molecular formula is C19H14BrF4N5O2. The number of amidine groups is 1. The maximum atomic E-state index is 14.7. The lowest BCUT2D eigenvalue weighted by Gasteiger charge is -2.37. The molecule has 31 heavy (non-hydrogen) atoms. The largest absolute Gasteiger partial charge is 0.454 e. The number of nitrogens with zero attached hydrogens (tertiary/aromatic N) is 4. The van der Waals surface area contributed by atoms with Gasteiger partial charge >= 0.3 is 6.18 Å². The van der Waals surface area contributed by atoms with Gasteiger partial charge in [-0.1, -0.05) is 5.16 Å². The number of alkyl halides is 3. The van der Waals surface area contributed by atoms with Crippen LogP contribution in [0.15, 0.2) is 50.6 Å². The molecule has 4 rings (SSSR count). The second-order valence-electron chi connectivity index (χ2n) is 7.06. The van der Waals surface area contributed by atoms with E-state index >= 15 is 0 Å². The van der Waals surface area contributed by atoms with E-state index in [-0.39, 0.29) is 11.3 Å². The normalized spacial score (nSPS) is 21.5. The predicted octanol–water partition coefficient (Wildman–Crippen LogP) is 4.58. The molecule has 0 saturated carbocycles. The zero-order valence-corrected chi connectivity index (χ0v) is 17.4. The van der Waals surface area contributed by atoms with Gasteiger partial charge in [0.05, 0.1) is 4.47 Å². The Morgan fingerprint density at radius 1 is 1.19 bits per heavy atom. The molecule has 2 N–H and O–H groups in total. The Labute approximate surface area is 181 Å². The molecule has 12 heteroatoms. The molecule has 1 aromatic carbocycles. The maximum absolute atomic E-state index is 14.7. The van der Waals surface area contributed by atoms with Crippen LogP contribution in [0.3, 0.4) is 0 Å². The molecule has 0 spiro atoms. The summed E-state index contributed by atoms with van der Waals surface area (Å²) in [6.07, 6.45) is -2.20. The van der Waals surface area contributed by atoms with E-state index in [2.05, 4.69) is 36.0 Å². The van der Waals surface area contributed by atoms with Gasteiger partial charge in [0.25, 0.3) is 6.02 Å². The second-order valence-corrected chi connectivity index (χ2v) is 7.97. The van der Waals surface area contributed by atoms with Crippen LogP contribution >= 0.6 is 15.9 Å². The number of halogens is 5. The Morgan fingerprint density at radius 3 is 2.58 bits per heavy atom. The number of aromatic nitrogens is 3. The Kier molecular flexibility index (Phi) is 5.20. The van der Waals surface area contributed by atoms with Crippen molar-refractivity contribution >= 4 is 22.0 Å². The van der Waals surface area contributed by atoms with E-state index in [4.69, 9.17) is 15.0 Å². The molecular weight excluding hydrogens is 486 g/mol. The fourth-order valence-corrected chi connectivity index (χ4v) is 3.47. The molecule has 0 amide bonds. The molecule has 1 aliphatic heterocycles. The summed E-state index contributed by atoms with van der Waals surface area (Å²) in [4.78, 5) is 11.5. The minimum Gasteiger partial charge on any atom is -0.454 e. The molecule has 7 nitrogen and oxygen atoms in total. The van der Waals surface area contributed by atoms with Crippen LogP contribution in [0.25, 0.3) is 22.8 Å².